The molecule has 6 heteroatoms. The van der Waals surface area contributed by atoms with Gasteiger partial charge in [-0.3, -0.25) is 9.59 Å². The molecular weight excluding hydrogens is 409 g/mol. The molecule has 1 fully saturated rings. The first-order chi connectivity index (χ1) is 12.0. The third-order valence-corrected chi connectivity index (χ3v) is 5.19. The lowest BCUT2D eigenvalue weighted by molar-refractivity contribution is -0.117. The van der Waals surface area contributed by atoms with Crippen molar-refractivity contribution >= 4 is 44.9 Å². The van der Waals surface area contributed by atoms with Crippen molar-refractivity contribution < 1.29 is 14.0 Å². The van der Waals surface area contributed by atoms with Gasteiger partial charge in [-0.25, -0.2) is 4.39 Å². The van der Waals surface area contributed by atoms with Gasteiger partial charge in [0.2, 0.25) is 5.91 Å². The van der Waals surface area contributed by atoms with Crippen LogP contribution in [-0.2, 0) is 4.79 Å². The fraction of sp³-hybridized carbons (Fsp3) is 0.263. The van der Waals surface area contributed by atoms with Crippen LogP contribution in [0.4, 0.5) is 10.1 Å². The molecule has 2 aromatic carbocycles. The maximum absolute atomic E-state index is 13.9. The molecule has 0 heterocycles. The van der Waals surface area contributed by atoms with Gasteiger partial charge in [0.25, 0.3) is 0 Å². The van der Waals surface area contributed by atoms with Crippen LogP contribution >= 0.6 is 27.5 Å². The van der Waals surface area contributed by atoms with Crippen LogP contribution in [0.2, 0.25) is 5.02 Å². The van der Waals surface area contributed by atoms with Crippen LogP contribution in [0, 0.1) is 11.7 Å². The third-order valence-electron chi connectivity index (χ3n) is 4.13. The minimum Gasteiger partial charge on any atom is -0.311 e. The van der Waals surface area contributed by atoms with Gasteiger partial charge in [-0.2, -0.15) is 0 Å². The number of carbonyl (C=O) groups is 2. The van der Waals surface area contributed by atoms with Crippen molar-refractivity contribution in [2.24, 2.45) is 5.92 Å². The number of rotatable bonds is 6. The number of Topliss-reactive ketones (excluding diaryl/α,β-unsaturated/α-hetero) is 1. The van der Waals surface area contributed by atoms with E-state index in [9.17, 15) is 14.0 Å². The number of anilines is 1. The van der Waals surface area contributed by atoms with Crippen LogP contribution in [-0.4, -0.2) is 23.1 Å². The van der Waals surface area contributed by atoms with Crippen molar-refractivity contribution in [3.63, 3.8) is 0 Å². The predicted molar refractivity (Wildman–Crippen MR) is 100.0 cm³/mol. The molecule has 1 unspecified atom stereocenters. The minimum atomic E-state index is -1.14. The Labute approximate surface area is 158 Å². The van der Waals surface area contributed by atoms with Gasteiger partial charge in [-0.05, 0) is 55.2 Å². The topological polar surface area (TPSA) is 37.4 Å². The molecule has 1 aliphatic rings. The summed E-state index contributed by atoms with van der Waals surface area (Å²) in [4.78, 5) is 25.9. The summed E-state index contributed by atoms with van der Waals surface area (Å²) in [6, 6.07) is 12.6. The third kappa shape index (κ3) is 4.28. The van der Waals surface area contributed by atoms with Crippen molar-refractivity contribution in [2.75, 3.05) is 11.4 Å². The fourth-order valence-electron chi connectivity index (χ4n) is 2.55. The van der Waals surface area contributed by atoms with E-state index in [1.807, 2.05) is 0 Å². The van der Waals surface area contributed by atoms with Crippen molar-refractivity contribution in [3.05, 3.63) is 64.9 Å². The molecular formula is C19H16BrClFNO2. The summed E-state index contributed by atoms with van der Waals surface area (Å²) in [5.41, 5.74) is 0.576. The SMILES string of the molecule is O=C(c1ccccc1F)C(Br)C(=O)N(CC1CC1)c1ccc(Cl)cc1. The number of hydrogen-bond acceptors (Lipinski definition) is 2. The molecule has 0 bridgehead atoms. The van der Waals surface area contributed by atoms with Crippen LogP contribution in [0.1, 0.15) is 23.2 Å². The van der Waals surface area contributed by atoms with Gasteiger partial charge in [0, 0.05) is 17.3 Å². The lowest BCUT2D eigenvalue weighted by Crippen LogP contribution is -2.41. The van der Waals surface area contributed by atoms with E-state index in [1.54, 1.807) is 35.2 Å². The number of amides is 1. The first-order valence-electron chi connectivity index (χ1n) is 7.97. The first-order valence-corrected chi connectivity index (χ1v) is 9.26. The summed E-state index contributed by atoms with van der Waals surface area (Å²) >= 11 is 9.08. The molecule has 0 aliphatic heterocycles. The Morgan fingerprint density at radius 1 is 1.16 bits per heavy atom. The molecule has 0 radical (unpaired) electrons. The fourth-order valence-corrected chi connectivity index (χ4v) is 3.17. The van der Waals surface area contributed by atoms with Gasteiger partial charge >= 0.3 is 0 Å². The molecule has 25 heavy (non-hydrogen) atoms. The lowest BCUT2D eigenvalue weighted by Gasteiger charge is -2.25. The van der Waals surface area contributed by atoms with Crippen molar-refractivity contribution in [2.45, 2.75) is 17.7 Å². The molecule has 1 atom stereocenters. The van der Waals surface area contributed by atoms with Crippen molar-refractivity contribution in [1.29, 1.82) is 0 Å². The van der Waals surface area contributed by atoms with E-state index >= 15 is 0 Å². The first kappa shape index (κ1) is 18.1. The molecule has 2 aromatic rings. The van der Waals surface area contributed by atoms with Crippen molar-refractivity contribution in [3.8, 4) is 0 Å². The van der Waals surface area contributed by atoms with Crippen LogP contribution < -0.4 is 4.90 Å². The number of carbonyl (C=O) groups excluding carboxylic acids is 2. The summed E-state index contributed by atoms with van der Waals surface area (Å²) in [5.74, 6) is -1.19. The number of benzene rings is 2. The summed E-state index contributed by atoms with van der Waals surface area (Å²) in [6.45, 7) is 0.535. The zero-order valence-electron chi connectivity index (χ0n) is 13.3. The molecule has 0 aromatic heterocycles. The molecule has 130 valence electrons. The number of hydrogen-bond donors (Lipinski definition) is 0. The average molecular weight is 425 g/mol. The summed E-state index contributed by atoms with van der Waals surface area (Å²) in [6.07, 6.45) is 2.12. The molecule has 3 rings (SSSR count). The average Bonchev–Trinajstić information content (AvgIpc) is 3.43. The Morgan fingerprint density at radius 3 is 2.40 bits per heavy atom. The van der Waals surface area contributed by atoms with E-state index in [2.05, 4.69) is 15.9 Å². The Kier molecular flexibility index (Phi) is 5.54. The molecule has 3 nitrogen and oxygen atoms in total. The van der Waals surface area contributed by atoms with E-state index in [-0.39, 0.29) is 5.56 Å². The highest BCUT2D eigenvalue weighted by Crippen LogP contribution is 2.32. The zero-order chi connectivity index (χ0) is 18.0. The smallest absolute Gasteiger partial charge is 0.248 e. The maximum atomic E-state index is 13.9. The van der Waals surface area contributed by atoms with Gasteiger partial charge < -0.3 is 4.90 Å². The van der Waals surface area contributed by atoms with E-state index in [0.29, 0.717) is 23.2 Å². The molecule has 1 saturated carbocycles. The Hall–Kier alpha value is -1.72. The summed E-state index contributed by atoms with van der Waals surface area (Å²) in [5, 5.41) is 0.570. The van der Waals surface area contributed by atoms with Crippen LogP contribution in [0.25, 0.3) is 0 Å². The highest BCUT2D eigenvalue weighted by Gasteiger charge is 2.34. The summed E-state index contributed by atoms with van der Waals surface area (Å²) < 4.78 is 13.9. The van der Waals surface area contributed by atoms with Gasteiger partial charge in [0.1, 0.15) is 5.82 Å². The lowest BCUT2D eigenvalue weighted by atomic mass is 10.1. The van der Waals surface area contributed by atoms with Crippen molar-refractivity contribution in [1.82, 2.24) is 0 Å². The van der Waals surface area contributed by atoms with Crippen LogP contribution in [0.15, 0.2) is 48.5 Å². The standard InChI is InChI=1S/C19H16BrClFNO2/c20-17(18(24)15-3-1-2-4-16(15)22)19(25)23(11-12-5-6-12)14-9-7-13(21)8-10-14/h1-4,7-10,12,17H,5-6,11H2. The molecule has 1 aliphatic carbocycles. The second-order valence-corrected chi connectivity index (χ2v) is 7.43. The summed E-state index contributed by atoms with van der Waals surface area (Å²) in [7, 11) is 0. The number of nitrogens with zero attached hydrogens (tertiary/aromatic N) is 1. The monoisotopic (exact) mass is 423 g/mol. The Bertz CT molecular complexity index is 792. The number of halogens is 3. The van der Waals surface area contributed by atoms with Gasteiger partial charge in [-0.15, -0.1) is 0 Å². The molecule has 1 amide bonds. The highest BCUT2D eigenvalue weighted by atomic mass is 79.9. The van der Waals surface area contributed by atoms with E-state index in [4.69, 9.17) is 11.6 Å². The largest absolute Gasteiger partial charge is 0.311 e. The van der Waals surface area contributed by atoms with Crippen LogP contribution in [0.3, 0.4) is 0 Å². The van der Waals surface area contributed by atoms with Gasteiger partial charge in [0.05, 0.1) is 5.56 Å². The molecule has 0 N–H and O–H groups in total. The quantitative estimate of drug-likeness (QED) is 0.377. The highest BCUT2D eigenvalue weighted by molar-refractivity contribution is 9.10. The van der Waals surface area contributed by atoms with Crippen LogP contribution in [0.5, 0.6) is 0 Å². The van der Waals surface area contributed by atoms with E-state index in [0.717, 1.165) is 12.8 Å². The Balaban J connectivity index is 1.84. The maximum Gasteiger partial charge on any atom is 0.248 e. The second kappa shape index (κ2) is 7.67. The minimum absolute atomic E-state index is 0.0970. The normalized spacial score (nSPS) is 14.8. The molecule has 0 spiro atoms. The molecule has 0 saturated heterocycles. The predicted octanol–water partition coefficient (Wildman–Crippen LogP) is 4.87. The van der Waals surface area contributed by atoms with E-state index in [1.165, 1.54) is 18.2 Å². The number of ketones is 1. The number of alkyl halides is 1. The van der Waals surface area contributed by atoms with Gasteiger partial charge in [-0.1, -0.05) is 39.7 Å². The second-order valence-electron chi connectivity index (χ2n) is 6.08. The van der Waals surface area contributed by atoms with E-state index < -0.39 is 22.3 Å². The Morgan fingerprint density at radius 2 is 1.80 bits per heavy atom. The zero-order valence-corrected chi connectivity index (χ0v) is 15.6. The van der Waals surface area contributed by atoms with Gasteiger partial charge in [0.15, 0.2) is 10.6 Å².